The molecule has 1 aliphatic rings. The molecule has 5 heteroatoms. The van der Waals surface area contributed by atoms with Gasteiger partial charge in [0.05, 0.1) is 0 Å². The van der Waals surface area contributed by atoms with Crippen molar-refractivity contribution in [1.29, 1.82) is 0 Å². The number of amidine groups is 1. The van der Waals surface area contributed by atoms with Crippen LogP contribution < -0.4 is 16.0 Å². The number of nitrogens with zero attached hydrogens (tertiary/aromatic N) is 1. The van der Waals surface area contributed by atoms with E-state index in [1.165, 1.54) is 52.8 Å². The monoisotopic (exact) mass is 690 g/mol. The molecule has 0 aromatic carbocycles. The van der Waals surface area contributed by atoms with Crippen LogP contribution in [0.1, 0.15) is 88.0 Å². The van der Waals surface area contributed by atoms with Gasteiger partial charge in [-0.2, -0.15) is 0 Å². The molecule has 0 amide bonds. The average molecular weight is 691 g/mol. The van der Waals surface area contributed by atoms with E-state index in [0.717, 1.165) is 43.2 Å². The number of hydrogen-bond acceptors (Lipinski definition) is 3. The Labute approximate surface area is 245 Å². The molecule has 212 valence electrons. The Morgan fingerprint density at radius 1 is 1.11 bits per heavy atom. The van der Waals surface area contributed by atoms with Gasteiger partial charge in [-0.05, 0) is 0 Å². The van der Waals surface area contributed by atoms with Gasteiger partial charge in [0, 0.05) is 0 Å². The fourth-order valence-corrected chi connectivity index (χ4v) is 5.23. The second-order valence-corrected chi connectivity index (χ2v) is 13.8. The molecule has 0 aromatic rings. The quantitative estimate of drug-likeness (QED) is 0.106. The van der Waals surface area contributed by atoms with Crippen molar-refractivity contribution in [3.05, 3.63) is 71.8 Å². The van der Waals surface area contributed by atoms with Crippen molar-refractivity contribution in [3.63, 3.8) is 0 Å². The third kappa shape index (κ3) is 12.4. The van der Waals surface area contributed by atoms with Crippen LogP contribution in [0, 0.1) is 17.8 Å². The molecule has 1 fully saturated rings. The van der Waals surface area contributed by atoms with Gasteiger partial charge in [-0.3, -0.25) is 0 Å². The Morgan fingerprint density at radius 3 is 2.24 bits per heavy atom. The molecule has 0 aliphatic carbocycles. The van der Waals surface area contributed by atoms with Crippen molar-refractivity contribution in [2.45, 2.75) is 93.5 Å². The summed E-state index contributed by atoms with van der Waals surface area (Å²) in [4.78, 5) is 4.65. The summed E-state index contributed by atoms with van der Waals surface area (Å²) in [6.07, 6.45) is 15.3. The van der Waals surface area contributed by atoms with E-state index >= 15 is 0 Å². The molecule has 4 nitrogen and oxygen atoms in total. The van der Waals surface area contributed by atoms with Crippen molar-refractivity contribution >= 4 is 9.73 Å². The minimum atomic E-state index is -0.0685. The number of hydrogen-bond donors (Lipinski definition) is 3. The third-order valence-corrected chi connectivity index (χ3v) is 7.75. The molecular weight excluding hydrogens is 636 g/mol. The normalized spacial score (nSPS) is 18.6. The van der Waals surface area contributed by atoms with Gasteiger partial charge in [0.2, 0.25) is 0 Å². The molecule has 0 spiro atoms. The molecule has 2 unspecified atom stereocenters. The fraction of sp³-hybridized carbons (Fsp3) is 0.576. The van der Waals surface area contributed by atoms with Crippen LogP contribution in [0.3, 0.4) is 0 Å². The molecule has 0 radical (unpaired) electrons. The Kier molecular flexibility index (Phi) is 15.4. The average Bonchev–Trinajstić information content (AvgIpc) is 2.85. The van der Waals surface area contributed by atoms with E-state index in [-0.39, 0.29) is 5.54 Å². The number of nitrogens with one attached hydrogen (secondary N) is 3. The predicted octanol–water partition coefficient (Wildman–Crippen LogP) is 7.53. The van der Waals surface area contributed by atoms with E-state index in [1.807, 2.05) is 0 Å². The summed E-state index contributed by atoms with van der Waals surface area (Å²) in [5.74, 6) is 2.28. The van der Waals surface area contributed by atoms with Crippen LogP contribution in [-0.2, 0) is 19.4 Å². The van der Waals surface area contributed by atoms with Crippen LogP contribution in [0.25, 0.3) is 0 Å². The zero-order valence-electron chi connectivity index (χ0n) is 25.6. The topological polar surface area (TPSA) is 48.5 Å². The molecule has 3 N–H and O–H groups in total. The first-order chi connectivity index (χ1) is 17.8. The molecule has 1 saturated heterocycles. The summed E-state index contributed by atoms with van der Waals surface area (Å²) >= 11 is 1.45. The van der Waals surface area contributed by atoms with E-state index in [2.05, 4.69) is 121 Å². The van der Waals surface area contributed by atoms with Gasteiger partial charge < -0.3 is 5.32 Å². The summed E-state index contributed by atoms with van der Waals surface area (Å²) in [6, 6.07) is 0. The van der Waals surface area contributed by atoms with Gasteiger partial charge in [-0.25, -0.2) is 0 Å². The number of piperidine rings is 1. The van der Waals surface area contributed by atoms with E-state index in [9.17, 15) is 0 Å². The van der Waals surface area contributed by atoms with Gasteiger partial charge in [0.25, 0.3) is 0 Å². The summed E-state index contributed by atoms with van der Waals surface area (Å²) in [6.45, 7) is 30.5. The van der Waals surface area contributed by atoms with Crippen molar-refractivity contribution in [1.82, 2.24) is 16.0 Å². The van der Waals surface area contributed by atoms with Gasteiger partial charge in [0.1, 0.15) is 0 Å². The molecule has 0 saturated carbocycles. The number of rotatable bonds is 13. The molecule has 1 heterocycles. The summed E-state index contributed by atoms with van der Waals surface area (Å²) < 4.78 is 1.32. The molecule has 0 aromatic heterocycles. The van der Waals surface area contributed by atoms with Gasteiger partial charge in [-0.15, -0.1) is 0 Å². The molecule has 0 bridgehead atoms. The van der Waals surface area contributed by atoms with Gasteiger partial charge >= 0.3 is 241 Å². The first-order valence-electron chi connectivity index (χ1n) is 14.3. The Morgan fingerprint density at radius 2 is 1.74 bits per heavy atom. The van der Waals surface area contributed by atoms with E-state index in [0.29, 0.717) is 17.8 Å². The van der Waals surface area contributed by atoms with Crippen LogP contribution in [-0.4, -0.2) is 28.4 Å². The number of aliphatic imine (C=N–C) groups is 1. The molecule has 2 atom stereocenters. The van der Waals surface area contributed by atoms with Crippen LogP contribution in [0.2, 0.25) is 0 Å². The third-order valence-electron chi connectivity index (χ3n) is 7.02. The summed E-state index contributed by atoms with van der Waals surface area (Å²) in [5.41, 5.74) is 5.81. The zero-order chi connectivity index (χ0) is 28.9. The second kappa shape index (κ2) is 17.0. The van der Waals surface area contributed by atoms with E-state index in [1.54, 1.807) is 6.20 Å². The van der Waals surface area contributed by atoms with Crippen molar-refractivity contribution in [2.75, 3.05) is 13.1 Å². The molecule has 1 aliphatic heterocycles. The van der Waals surface area contributed by atoms with Gasteiger partial charge in [-0.1, -0.05) is 0 Å². The van der Waals surface area contributed by atoms with Crippen LogP contribution in [0.4, 0.5) is 0 Å². The number of allylic oxidation sites excluding steroid dienone is 7. The Bertz CT molecular complexity index is 965. The summed E-state index contributed by atoms with van der Waals surface area (Å²) in [5, 5.41) is 10.8. The fourth-order valence-electron chi connectivity index (χ4n) is 4.36. The van der Waals surface area contributed by atoms with Crippen molar-refractivity contribution in [3.8, 4) is 0 Å². The zero-order valence-corrected chi connectivity index (χ0v) is 28.6. The van der Waals surface area contributed by atoms with Gasteiger partial charge in [0.15, 0.2) is 0 Å². The minimum absolute atomic E-state index is 0.0685. The predicted molar refractivity (Wildman–Crippen MR) is 166 cm³/mol. The molecule has 1 rings (SSSR count). The standard InChI is InChI=1S/C33H54N4.W/c1-12-24(5)16-17-29(30(14-3)27(8)37-33(9,10)11)23-31(25(6)13-2)36-32(35-15-4)22-26(7)28-18-20-34-21-19-28;/h15-17,22-25,28,34,37H,4,8,12-13,18-21H2,1-3,5-7,9-11H3,(H,35,36);/b17-16?,26-22+,30-29-,31-23+;. The first-order valence-corrected chi connectivity index (χ1v) is 15.8. The van der Waals surface area contributed by atoms with Crippen LogP contribution in [0.15, 0.2) is 76.8 Å². The second-order valence-electron chi connectivity index (χ2n) is 11.6. The van der Waals surface area contributed by atoms with Crippen molar-refractivity contribution in [2.24, 2.45) is 22.7 Å². The maximum absolute atomic E-state index is 4.65. The molecule has 38 heavy (non-hydrogen) atoms. The van der Waals surface area contributed by atoms with Crippen LogP contribution >= 0.6 is 0 Å². The van der Waals surface area contributed by atoms with E-state index in [4.69, 9.17) is 0 Å². The molecular formula is C33H54N4W. The summed E-state index contributed by atoms with van der Waals surface area (Å²) in [7, 11) is 0. The van der Waals surface area contributed by atoms with Crippen molar-refractivity contribution < 1.29 is 19.4 Å². The maximum atomic E-state index is 4.65. The Balaban J connectivity index is 3.68. The first kappa shape index (κ1) is 34.3. The Hall–Kier alpha value is -1.77. The van der Waals surface area contributed by atoms with E-state index < -0.39 is 0 Å². The SMILES string of the molecule is C=CN=C(/C=C(\C)C1CCNCC1)N/C(=C/C(C=CC(C)CC)=C(\C(=C)NC(C)(C)C)[C](C)=[W])C(C)CC. The van der Waals surface area contributed by atoms with Crippen LogP contribution in [0.5, 0.6) is 0 Å².